The minimum Gasteiger partial charge on any atom is -0.276 e. The fourth-order valence-corrected chi connectivity index (χ4v) is 2.12. The van der Waals surface area contributed by atoms with Crippen molar-refractivity contribution in [2.45, 2.75) is 13.8 Å². The summed E-state index contributed by atoms with van der Waals surface area (Å²) in [6.45, 7) is 14.0. The van der Waals surface area contributed by atoms with Crippen LogP contribution in [0.1, 0.15) is 13.8 Å². The van der Waals surface area contributed by atoms with Crippen LogP contribution in [-0.2, 0) is 0 Å². The third-order valence-corrected chi connectivity index (χ3v) is 3.40. The lowest BCUT2D eigenvalue weighted by molar-refractivity contribution is 0.514. The summed E-state index contributed by atoms with van der Waals surface area (Å²) < 4.78 is 2.36. The zero-order valence-corrected chi connectivity index (χ0v) is 7.77. The molecule has 0 saturated heterocycles. The Balaban J connectivity index is 3.93. The van der Waals surface area contributed by atoms with Gasteiger partial charge in [0.05, 0.1) is 0 Å². The van der Waals surface area contributed by atoms with Crippen LogP contribution in [0.2, 0.25) is 0 Å². The van der Waals surface area contributed by atoms with E-state index in [1.165, 1.54) is 0 Å². The molecule has 0 aliphatic heterocycles. The summed E-state index contributed by atoms with van der Waals surface area (Å²) in [5.41, 5.74) is 0. The van der Waals surface area contributed by atoms with E-state index in [2.05, 4.69) is 31.7 Å². The summed E-state index contributed by atoms with van der Waals surface area (Å²) in [4.78, 5) is 0. The van der Waals surface area contributed by atoms with Crippen molar-refractivity contribution in [1.82, 2.24) is 4.67 Å². The average Bonchev–Trinajstić information content (AvgIpc) is 2.00. The largest absolute Gasteiger partial charge is 0.276 e. The Morgan fingerprint density at radius 3 is 1.70 bits per heavy atom. The fourth-order valence-electron chi connectivity index (χ4n) is 0.856. The van der Waals surface area contributed by atoms with Gasteiger partial charge in [-0.05, 0) is 24.7 Å². The molecule has 0 heterocycles. The number of nitrogens with zero attached hydrogens (tertiary/aromatic N) is 1. The standard InChI is InChI=1S/C8H16NP/c1-5-9(6-2)10(7-3)8-4/h7-8H,3-6H2,1-2H3. The van der Waals surface area contributed by atoms with Crippen molar-refractivity contribution >= 4 is 8.07 Å². The van der Waals surface area contributed by atoms with E-state index < -0.39 is 0 Å². The van der Waals surface area contributed by atoms with Crippen molar-refractivity contribution in [1.29, 1.82) is 0 Å². The summed E-state index contributed by atoms with van der Waals surface area (Å²) in [5.74, 6) is 3.96. The molecule has 1 nitrogen and oxygen atoms in total. The molecule has 0 fully saturated rings. The summed E-state index contributed by atoms with van der Waals surface area (Å²) in [5, 5.41) is 0. The third-order valence-electron chi connectivity index (χ3n) is 1.43. The van der Waals surface area contributed by atoms with Crippen molar-refractivity contribution < 1.29 is 0 Å². The Labute approximate surface area is 65.2 Å². The monoisotopic (exact) mass is 157 g/mol. The Kier molecular flexibility index (Phi) is 5.57. The van der Waals surface area contributed by atoms with E-state index in [0.717, 1.165) is 13.1 Å². The van der Waals surface area contributed by atoms with Gasteiger partial charge in [0.25, 0.3) is 0 Å². The molecule has 58 valence electrons. The third kappa shape index (κ3) is 2.64. The molecule has 0 radical (unpaired) electrons. The maximum Gasteiger partial charge on any atom is 0.0117 e. The molecule has 10 heavy (non-hydrogen) atoms. The van der Waals surface area contributed by atoms with Gasteiger partial charge in [0.2, 0.25) is 0 Å². The van der Waals surface area contributed by atoms with Crippen LogP contribution in [0.3, 0.4) is 0 Å². The molecule has 0 aromatic rings. The second-order valence-electron chi connectivity index (χ2n) is 1.88. The van der Waals surface area contributed by atoms with Crippen molar-refractivity contribution in [3.8, 4) is 0 Å². The normalized spacial score (nSPS) is 10.4. The first-order chi connectivity index (χ1) is 4.79. The molecular weight excluding hydrogens is 141 g/mol. The molecule has 0 aliphatic rings. The number of hydrogen-bond donors (Lipinski definition) is 0. The highest BCUT2D eigenvalue weighted by Gasteiger charge is 2.05. The van der Waals surface area contributed by atoms with Crippen LogP contribution < -0.4 is 0 Å². The van der Waals surface area contributed by atoms with Gasteiger partial charge >= 0.3 is 0 Å². The second-order valence-corrected chi connectivity index (χ2v) is 3.94. The van der Waals surface area contributed by atoms with Crippen LogP contribution in [0.15, 0.2) is 24.8 Å². The minimum absolute atomic E-state index is 0.259. The van der Waals surface area contributed by atoms with Gasteiger partial charge in [-0.25, -0.2) is 0 Å². The first kappa shape index (κ1) is 9.87. The topological polar surface area (TPSA) is 3.24 Å². The number of rotatable bonds is 5. The van der Waals surface area contributed by atoms with E-state index in [1.807, 2.05) is 11.6 Å². The summed E-state index contributed by atoms with van der Waals surface area (Å²) in [6.07, 6.45) is 0. The lowest BCUT2D eigenvalue weighted by Crippen LogP contribution is -2.14. The van der Waals surface area contributed by atoms with E-state index >= 15 is 0 Å². The molecule has 0 saturated carbocycles. The molecule has 0 amide bonds. The van der Waals surface area contributed by atoms with Gasteiger partial charge in [0.15, 0.2) is 0 Å². The molecular formula is C8H16NP. The van der Waals surface area contributed by atoms with Crippen LogP contribution in [-0.4, -0.2) is 17.8 Å². The summed E-state index contributed by atoms with van der Waals surface area (Å²) in [7, 11) is -0.259. The zero-order valence-electron chi connectivity index (χ0n) is 6.88. The molecule has 0 bridgehead atoms. The molecule has 0 N–H and O–H groups in total. The highest BCUT2D eigenvalue weighted by atomic mass is 31.1. The SMILES string of the molecule is C=CP(C=C)N(CC)CC. The number of hydrogen-bond acceptors (Lipinski definition) is 1. The molecule has 0 aromatic carbocycles. The lowest BCUT2D eigenvalue weighted by atomic mass is 10.7. The van der Waals surface area contributed by atoms with Gasteiger partial charge in [-0.2, -0.15) is 0 Å². The Morgan fingerprint density at radius 1 is 1.20 bits per heavy atom. The Morgan fingerprint density at radius 2 is 1.60 bits per heavy atom. The van der Waals surface area contributed by atoms with Crippen molar-refractivity contribution in [2.75, 3.05) is 13.1 Å². The van der Waals surface area contributed by atoms with Crippen LogP contribution in [0.4, 0.5) is 0 Å². The first-order valence-corrected chi connectivity index (χ1v) is 5.01. The maximum atomic E-state index is 3.76. The molecule has 0 aliphatic carbocycles. The molecule has 0 spiro atoms. The van der Waals surface area contributed by atoms with Crippen molar-refractivity contribution in [3.63, 3.8) is 0 Å². The Hall–Kier alpha value is -0.130. The van der Waals surface area contributed by atoms with Crippen LogP contribution in [0.25, 0.3) is 0 Å². The van der Waals surface area contributed by atoms with Crippen LogP contribution >= 0.6 is 8.07 Å². The summed E-state index contributed by atoms with van der Waals surface area (Å²) in [6, 6.07) is 0. The maximum absolute atomic E-state index is 3.76. The van der Waals surface area contributed by atoms with E-state index in [9.17, 15) is 0 Å². The van der Waals surface area contributed by atoms with E-state index in [-0.39, 0.29) is 8.07 Å². The van der Waals surface area contributed by atoms with Crippen molar-refractivity contribution in [3.05, 3.63) is 24.8 Å². The minimum atomic E-state index is -0.259. The van der Waals surface area contributed by atoms with Crippen LogP contribution in [0, 0.1) is 0 Å². The van der Waals surface area contributed by atoms with Gasteiger partial charge in [-0.1, -0.05) is 27.0 Å². The van der Waals surface area contributed by atoms with E-state index in [1.54, 1.807) is 0 Å². The van der Waals surface area contributed by atoms with E-state index in [4.69, 9.17) is 0 Å². The second kappa shape index (κ2) is 5.64. The molecule has 0 rings (SSSR count). The first-order valence-electron chi connectivity index (χ1n) is 3.58. The van der Waals surface area contributed by atoms with Gasteiger partial charge in [-0.15, -0.1) is 0 Å². The van der Waals surface area contributed by atoms with Gasteiger partial charge in [0, 0.05) is 8.07 Å². The van der Waals surface area contributed by atoms with Gasteiger partial charge < -0.3 is 0 Å². The predicted octanol–water partition coefficient (Wildman–Crippen LogP) is 3.01. The Bertz CT molecular complexity index is 99.8. The smallest absolute Gasteiger partial charge is 0.0117 e. The van der Waals surface area contributed by atoms with Crippen molar-refractivity contribution in [2.24, 2.45) is 0 Å². The average molecular weight is 157 g/mol. The van der Waals surface area contributed by atoms with Crippen LogP contribution in [0.5, 0.6) is 0 Å². The highest BCUT2D eigenvalue weighted by Crippen LogP contribution is 2.41. The van der Waals surface area contributed by atoms with Gasteiger partial charge in [-0.3, -0.25) is 4.67 Å². The molecule has 0 atom stereocenters. The zero-order chi connectivity index (χ0) is 7.98. The highest BCUT2D eigenvalue weighted by molar-refractivity contribution is 7.61. The quantitative estimate of drug-likeness (QED) is 0.554. The molecule has 0 unspecified atom stereocenters. The lowest BCUT2D eigenvalue weighted by Gasteiger charge is -2.23. The fraction of sp³-hybridized carbons (Fsp3) is 0.500. The summed E-state index contributed by atoms with van der Waals surface area (Å²) >= 11 is 0. The van der Waals surface area contributed by atoms with Gasteiger partial charge in [0.1, 0.15) is 0 Å². The predicted molar refractivity (Wildman–Crippen MR) is 50.2 cm³/mol. The molecule has 0 aromatic heterocycles. The molecule has 2 heteroatoms. The van der Waals surface area contributed by atoms with E-state index in [0.29, 0.717) is 0 Å².